The monoisotopic (exact) mass is 249 g/mol. The summed E-state index contributed by atoms with van der Waals surface area (Å²) in [6.45, 7) is 8.36. The molecular formula is C14H19NOS. The molecular weight excluding hydrogens is 230 g/mol. The van der Waals surface area contributed by atoms with Crippen LogP contribution in [0.3, 0.4) is 0 Å². The van der Waals surface area contributed by atoms with Crippen molar-refractivity contribution in [3.8, 4) is 0 Å². The van der Waals surface area contributed by atoms with E-state index in [1.807, 2.05) is 6.92 Å². The van der Waals surface area contributed by atoms with E-state index in [4.69, 9.17) is 0 Å². The highest BCUT2D eigenvalue weighted by Gasteiger charge is 2.18. The molecule has 0 bridgehead atoms. The van der Waals surface area contributed by atoms with Gasteiger partial charge in [0.1, 0.15) is 0 Å². The molecule has 1 N–H and O–H groups in total. The van der Waals surface area contributed by atoms with Crippen molar-refractivity contribution in [1.82, 2.24) is 4.98 Å². The Kier molecular flexibility index (Phi) is 3.23. The van der Waals surface area contributed by atoms with Crippen LogP contribution in [0.5, 0.6) is 0 Å². The predicted octanol–water partition coefficient (Wildman–Crippen LogP) is 3.52. The Morgan fingerprint density at radius 3 is 2.65 bits per heavy atom. The van der Waals surface area contributed by atoms with Gasteiger partial charge in [-0.25, -0.2) is 4.98 Å². The van der Waals surface area contributed by atoms with Crippen LogP contribution in [0.15, 0.2) is 18.2 Å². The molecule has 1 aromatic carbocycles. The minimum absolute atomic E-state index is 0.105. The fraction of sp³-hybridized carbons (Fsp3) is 0.500. The lowest BCUT2D eigenvalue weighted by Gasteiger charge is -2.13. The van der Waals surface area contributed by atoms with Gasteiger partial charge in [0.25, 0.3) is 0 Å². The molecule has 1 heterocycles. The Labute approximate surface area is 106 Å². The Hall–Kier alpha value is -0.930. The highest BCUT2D eigenvalue weighted by Crippen LogP contribution is 2.31. The number of aliphatic hydroxyl groups is 1. The van der Waals surface area contributed by atoms with Gasteiger partial charge in [-0.2, -0.15) is 0 Å². The number of aromatic nitrogens is 1. The van der Waals surface area contributed by atoms with Gasteiger partial charge >= 0.3 is 0 Å². The molecule has 1 aromatic heterocycles. The van der Waals surface area contributed by atoms with Gasteiger partial charge in [0.2, 0.25) is 0 Å². The summed E-state index contributed by atoms with van der Waals surface area (Å²) < 4.78 is 1.23. The van der Waals surface area contributed by atoms with Crippen LogP contribution in [0.25, 0.3) is 10.2 Å². The third kappa shape index (κ3) is 2.85. The summed E-state index contributed by atoms with van der Waals surface area (Å²) in [6, 6.07) is 6.29. The van der Waals surface area contributed by atoms with Gasteiger partial charge in [0.15, 0.2) is 0 Å². The summed E-state index contributed by atoms with van der Waals surface area (Å²) >= 11 is 1.76. The smallest absolute Gasteiger partial charge is 0.0992 e. The zero-order chi connectivity index (χ0) is 12.6. The molecule has 0 radical (unpaired) electrons. The summed E-state index contributed by atoms with van der Waals surface area (Å²) in [7, 11) is 0. The van der Waals surface area contributed by atoms with Crippen LogP contribution in [-0.4, -0.2) is 16.2 Å². The molecule has 3 heteroatoms. The highest BCUT2D eigenvalue weighted by atomic mass is 32.1. The second-order valence-corrected chi connectivity index (χ2v) is 6.65. The topological polar surface area (TPSA) is 33.1 Å². The van der Waals surface area contributed by atoms with Gasteiger partial charge in [-0.1, -0.05) is 26.8 Å². The molecule has 0 saturated carbocycles. The quantitative estimate of drug-likeness (QED) is 0.883. The van der Waals surface area contributed by atoms with Crippen LogP contribution in [0.1, 0.15) is 38.3 Å². The molecule has 0 aliphatic rings. The Morgan fingerprint density at radius 2 is 2.06 bits per heavy atom. The van der Waals surface area contributed by atoms with Crippen molar-refractivity contribution in [2.24, 2.45) is 0 Å². The molecule has 0 aliphatic heterocycles. The number of benzene rings is 1. The number of aliphatic hydroxyl groups excluding tert-OH is 1. The van der Waals surface area contributed by atoms with Crippen LogP contribution < -0.4 is 0 Å². The Morgan fingerprint density at radius 1 is 1.35 bits per heavy atom. The second-order valence-electron chi connectivity index (χ2n) is 5.62. The number of fused-ring (bicyclic) bond motifs is 1. The summed E-state index contributed by atoms with van der Waals surface area (Å²) in [5.74, 6) is 0. The fourth-order valence-corrected chi connectivity index (χ4v) is 2.77. The predicted molar refractivity (Wildman–Crippen MR) is 73.7 cm³/mol. The van der Waals surface area contributed by atoms with E-state index in [2.05, 4.69) is 44.0 Å². The fourth-order valence-electron chi connectivity index (χ4n) is 1.76. The third-order valence-corrected chi connectivity index (χ3v) is 4.09. The molecule has 0 amide bonds. The van der Waals surface area contributed by atoms with Crippen molar-refractivity contribution < 1.29 is 5.11 Å². The van der Waals surface area contributed by atoms with Gasteiger partial charge in [0.05, 0.1) is 21.3 Å². The largest absolute Gasteiger partial charge is 0.393 e. The molecule has 2 aromatic rings. The van der Waals surface area contributed by atoms with E-state index in [1.54, 1.807) is 11.3 Å². The molecule has 2 nitrogen and oxygen atoms in total. The molecule has 1 atom stereocenters. The molecule has 0 spiro atoms. The normalized spacial score (nSPS) is 14.2. The summed E-state index contributed by atoms with van der Waals surface area (Å²) in [4.78, 5) is 4.69. The summed E-state index contributed by atoms with van der Waals surface area (Å²) in [5, 5.41) is 10.6. The van der Waals surface area contributed by atoms with E-state index in [9.17, 15) is 5.11 Å². The SMILES string of the molecule is CC(O)Cc1ccc2sc(C(C)(C)C)nc2c1. The van der Waals surface area contributed by atoms with Crippen molar-refractivity contribution in [2.45, 2.75) is 45.6 Å². The van der Waals surface area contributed by atoms with Crippen LogP contribution in [0.2, 0.25) is 0 Å². The minimum Gasteiger partial charge on any atom is -0.393 e. The average molecular weight is 249 g/mol. The van der Waals surface area contributed by atoms with Crippen molar-refractivity contribution in [3.05, 3.63) is 28.8 Å². The Balaban J connectivity index is 2.41. The maximum atomic E-state index is 9.39. The molecule has 1 unspecified atom stereocenters. The van der Waals surface area contributed by atoms with Crippen LogP contribution >= 0.6 is 11.3 Å². The zero-order valence-electron chi connectivity index (χ0n) is 10.8. The third-order valence-electron chi connectivity index (χ3n) is 2.62. The van der Waals surface area contributed by atoms with E-state index in [0.717, 1.165) is 11.1 Å². The summed E-state index contributed by atoms with van der Waals surface area (Å²) in [6.07, 6.45) is 0.395. The van der Waals surface area contributed by atoms with Gasteiger partial charge in [-0.3, -0.25) is 0 Å². The zero-order valence-corrected chi connectivity index (χ0v) is 11.6. The van der Waals surface area contributed by atoms with Gasteiger partial charge in [-0.15, -0.1) is 11.3 Å². The minimum atomic E-state index is -0.298. The first-order valence-electron chi connectivity index (χ1n) is 5.94. The maximum Gasteiger partial charge on any atom is 0.0992 e. The number of hydrogen-bond acceptors (Lipinski definition) is 3. The number of nitrogens with zero attached hydrogens (tertiary/aromatic N) is 1. The van der Waals surface area contributed by atoms with E-state index < -0.39 is 0 Å². The lowest BCUT2D eigenvalue weighted by molar-refractivity contribution is 0.195. The molecule has 92 valence electrons. The molecule has 0 aliphatic carbocycles. The van der Waals surface area contributed by atoms with E-state index >= 15 is 0 Å². The van der Waals surface area contributed by atoms with E-state index in [-0.39, 0.29) is 11.5 Å². The van der Waals surface area contributed by atoms with Crippen LogP contribution in [-0.2, 0) is 11.8 Å². The van der Waals surface area contributed by atoms with Crippen LogP contribution in [0.4, 0.5) is 0 Å². The molecule has 0 saturated heterocycles. The Bertz CT molecular complexity index is 522. The van der Waals surface area contributed by atoms with Crippen LogP contribution in [0, 0.1) is 0 Å². The van der Waals surface area contributed by atoms with E-state index in [1.165, 1.54) is 9.71 Å². The van der Waals surface area contributed by atoms with Gasteiger partial charge in [-0.05, 0) is 31.0 Å². The molecule has 2 rings (SSSR count). The average Bonchev–Trinajstić information content (AvgIpc) is 2.58. The first-order valence-corrected chi connectivity index (χ1v) is 6.76. The van der Waals surface area contributed by atoms with Gasteiger partial charge < -0.3 is 5.11 Å². The second kappa shape index (κ2) is 4.39. The first-order chi connectivity index (χ1) is 7.86. The first kappa shape index (κ1) is 12.5. The number of thiazole rings is 1. The summed E-state index contributed by atoms with van der Waals surface area (Å²) in [5.41, 5.74) is 2.31. The van der Waals surface area contributed by atoms with Gasteiger partial charge in [0, 0.05) is 5.41 Å². The van der Waals surface area contributed by atoms with Crippen molar-refractivity contribution in [3.63, 3.8) is 0 Å². The van der Waals surface area contributed by atoms with Crippen molar-refractivity contribution >= 4 is 21.6 Å². The lowest BCUT2D eigenvalue weighted by Crippen LogP contribution is -2.09. The van der Waals surface area contributed by atoms with Crippen molar-refractivity contribution in [2.75, 3.05) is 0 Å². The molecule has 17 heavy (non-hydrogen) atoms. The lowest BCUT2D eigenvalue weighted by atomic mass is 9.98. The van der Waals surface area contributed by atoms with Crippen molar-refractivity contribution in [1.29, 1.82) is 0 Å². The van der Waals surface area contributed by atoms with E-state index in [0.29, 0.717) is 6.42 Å². The standard InChI is InChI=1S/C14H19NOS/c1-9(16)7-10-5-6-12-11(8-10)15-13(17-12)14(2,3)4/h5-6,8-9,16H,7H2,1-4H3. The number of rotatable bonds is 2. The highest BCUT2D eigenvalue weighted by molar-refractivity contribution is 7.18. The number of hydrogen-bond donors (Lipinski definition) is 1. The molecule has 0 fully saturated rings. The maximum absolute atomic E-state index is 9.39.